The SMILES string of the molecule is OCCN1CCC(CNCc2cccs2)CC1. The summed E-state index contributed by atoms with van der Waals surface area (Å²) >= 11 is 1.82. The van der Waals surface area contributed by atoms with Gasteiger partial charge < -0.3 is 15.3 Å². The molecule has 0 spiro atoms. The van der Waals surface area contributed by atoms with E-state index in [1.54, 1.807) is 0 Å². The first-order valence-corrected chi connectivity index (χ1v) is 7.33. The highest BCUT2D eigenvalue weighted by atomic mass is 32.1. The lowest BCUT2D eigenvalue weighted by Crippen LogP contribution is -2.38. The summed E-state index contributed by atoms with van der Waals surface area (Å²) in [5, 5.41) is 14.6. The smallest absolute Gasteiger partial charge is 0.0558 e. The summed E-state index contributed by atoms with van der Waals surface area (Å²) in [5.74, 6) is 0.810. The Morgan fingerprint density at radius 1 is 1.41 bits per heavy atom. The molecule has 0 aromatic carbocycles. The van der Waals surface area contributed by atoms with E-state index in [4.69, 9.17) is 5.11 Å². The molecule has 0 bridgehead atoms. The van der Waals surface area contributed by atoms with Crippen molar-refractivity contribution in [2.75, 3.05) is 32.8 Å². The summed E-state index contributed by atoms with van der Waals surface area (Å²) in [7, 11) is 0. The summed E-state index contributed by atoms with van der Waals surface area (Å²) < 4.78 is 0. The molecule has 0 unspecified atom stereocenters. The van der Waals surface area contributed by atoms with Gasteiger partial charge in [0.2, 0.25) is 0 Å². The van der Waals surface area contributed by atoms with Crippen molar-refractivity contribution < 1.29 is 5.11 Å². The minimum Gasteiger partial charge on any atom is -0.395 e. The lowest BCUT2D eigenvalue weighted by Gasteiger charge is -2.31. The maximum absolute atomic E-state index is 8.88. The van der Waals surface area contributed by atoms with Crippen LogP contribution in [0.1, 0.15) is 17.7 Å². The summed E-state index contributed by atoms with van der Waals surface area (Å²) in [4.78, 5) is 3.78. The number of nitrogens with zero attached hydrogens (tertiary/aromatic N) is 1. The molecule has 1 aliphatic rings. The van der Waals surface area contributed by atoms with E-state index in [9.17, 15) is 0 Å². The van der Waals surface area contributed by atoms with Crippen LogP contribution in [0.3, 0.4) is 0 Å². The van der Waals surface area contributed by atoms with Gasteiger partial charge in [0, 0.05) is 18.0 Å². The number of β-amino-alcohol motifs (C(OH)–C–C–N with tert-alkyl or cyclic N) is 1. The second kappa shape index (κ2) is 7.11. The van der Waals surface area contributed by atoms with E-state index in [0.29, 0.717) is 6.61 Å². The van der Waals surface area contributed by atoms with Crippen LogP contribution in [0.5, 0.6) is 0 Å². The third kappa shape index (κ3) is 4.39. The maximum Gasteiger partial charge on any atom is 0.0558 e. The molecule has 0 saturated carbocycles. The molecule has 1 fully saturated rings. The number of aliphatic hydroxyl groups is 1. The molecule has 0 atom stereocenters. The predicted octanol–water partition coefficient (Wildman–Crippen LogP) is 1.54. The summed E-state index contributed by atoms with van der Waals surface area (Å²) in [6, 6.07) is 4.29. The van der Waals surface area contributed by atoms with Gasteiger partial charge in [0.25, 0.3) is 0 Å². The third-order valence-corrected chi connectivity index (χ3v) is 4.31. The van der Waals surface area contributed by atoms with Crippen molar-refractivity contribution in [3.05, 3.63) is 22.4 Å². The average molecular weight is 254 g/mol. The highest BCUT2D eigenvalue weighted by molar-refractivity contribution is 7.09. The second-order valence-corrected chi connectivity index (χ2v) is 5.75. The van der Waals surface area contributed by atoms with E-state index in [2.05, 4.69) is 27.7 Å². The van der Waals surface area contributed by atoms with Gasteiger partial charge in [-0.15, -0.1) is 11.3 Å². The Morgan fingerprint density at radius 2 is 2.24 bits per heavy atom. The molecule has 4 heteroatoms. The van der Waals surface area contributed by atoms with E-state index in [1.807, 2.05) is 11.3 Å². The van der Waals surface area contributed by atoms with E-state index < -0.39 is 0 Å². The molecule has 1 aromatic rings. The van der Waals surface area contributed by atoms with Crippen molar-refractivity contribution in [2.24, 2.45) is 5.92 Å². The van der Waals surface area contributed by atoms with Crippen molar-refractivity contribution in [3.63, 3.8) is 0 Å². The normalized spacial score (nSPS) is 18.6. The van der Waals surface area contributed by atoms with E-state index in [-0.39, 0.29) is 0 Å². The van der Waals surface area contributed by atoms with Crippen LogP contribution in [-0.4, -0.2) is 42.8 Å². The van der Waals surface area contributed by atoms with Gasteiger partial charge in [-0.1, -0.05) is 6.07 Å². The van der Waals surface area contributed by atoms with E-state index in [1.165, 1.54) is 17.7 Å². The Morgan fingerprint density at radius 3 is 2.88 bits per heavy atom. The number of hydrogen-bond acceptors (Lipinski definition) is 4. The lowest BCUT2D eigenvalue weighted by molar-refractivity contribution is 0.146. The Bertz CT molecular complexity index is 294. The zero-order chi connectivity index (χ0) is 11.9. The largest absolute Gasteiger partial charge is 0.395 e. The molecule has 17 heavy (non-hydrogen) atoms. The molecule has 0 aliphatic carbocycles. The Hall–Kier alpha value is -0.420. The van der Waals surface area contributed by atoms with Crippen LogP contribution in [0.25, 0.3) is 0 Å². The van der Waals surface area contributed by atoms with Crippen molar-refractivity contribution in [3.8, 4) is 0 Å². The molecule has 96 valence electrons. The van der Waals surface area contributed by atoms with Crippen molar-refractivity contribution in [1.29, 1.82) is 0 Å². The standard InChI is InChI=1S/C13H22N2OS/c16-8-7-15-5-3-12(4-6-15)10-14-11-13-2-1-9-17-13/h1-2,9,12,14,16H,3-8,10-11H2. The number of likely N-dealkylation sites (tertiary alicyclic amines) is 1. The molecule has 0 amide bonds. The minimum absolute atomic E-state index is 0.293. The number of aliphatic hydroxyl groups excluding tert-OH is 1. The molecule has 1 aliphatic heterocycles. The van der Waals surface area contributed by atoms with Gasteiger partial charge >= 0.3 is 0 Å². The summed E-state index contributed by atoms with van der Waals surface area (Å²) in [6.45, 7) is 5.56. The van der Waals surface area contributed by atoms with Crippen LogP contribution in [-0.2, 0) is 6.54 Å². The highest BCUT2D eigenvalue weighted by Gasteiger charge is 2.18. The van der Waals surface area contributed by atoms with Crippen LogP contribution >= 0.6 is 11.3 Å². The fourth-order valence-corrected chi connectivity index (χ4v) is 3.04. The fraction of sp³-hybridized carbons (Fsp3) is 0.692. The quantitative estimate of drug-likeness (QED) is 0.808. The van der Waals surface area contributed by atoms with Gasteiger partial charge in [0.1, 0.15) is 0 Å². The van der Waals surface area contributed by atoms with Gasteiger partial charge in [-0.2, -0.15) is 0 Å². The Labute approximate surface area is 107 Å². The van der Waals surface area contributed by atoms with Gasteiger partial charge in [0.05, 0.1) is 6.61 Å². The number of rotatable bonds is 6. The summed E-state index contributed by atoms with van der Waals surface area (Å²) in [5.41, 5.74) is 0. The van der Waals surface area contributed by atoms with Crippen LogP contribution in [0.2, 0.25) is 0 Å². The number of thiophene rings is 1. The van der Waals surface area contributed by atoms with Crippen molar-refractivity contribution in [1.82, 2.24) is 10.2 Å². The zero-order valence-electron chi connectivity index (χ0n) is 10.3. The van der Waals surface area contributed by atoms with Crippen LogP contribution in [0.4, 0.5) is 0 Å². The fourth-order valence-electron chi connectivity index (χ4n) is 2.37. The zero-order valence-corrected chi connectivity index (χ0v) is 11.1. The Balaban J connectivity index is 1.58. The van der Waals surface area contributed by atoms with E-state index >= 15 is 0 Å². The van der Waals surface area contributed by atoms with Gasteiger partial charge in [-0.05, 0) is 49.8 Å². The minimum atomic E-state index is 0.293. The first kappa shape index (κ1) is 13.0. The molecule has 0 radical (unpaired) electrons. The monoisotopic (exact) mass is 254 g/mol. The first-order valence-electron chi connectivity index (χ1n) is 6.45. The van der Waals surface area contributed by atoms with Crippen LogP contribution in [0.15, 0.2) is 17.5 Å². The van der Waals surface area contributed by atoms with Crippen LogP contribution in [0, 0.1) is 5.92 Å². The van der Waals surface area contributed by atoms with Crippen molar-refractivity contribution in [2.45, 2.75) is 19.4 Å². The molecule has 1 saturated heterocycles. The Kier molecular flexibility index (Phi) is 5.45. The number of piperidine rings is 1. The average Bonchev–Trinajstić information content (AvgIpc) is 2.85. The predicted molar refractivity (Wildman–Crippen MR) is 72.3 cm³/mol. The molecular formula is C13H22N2OS. The topological polar surface area (TPSA) is 35.5 Å². The summed E-state index contributed by atoms with van der Waals surface area (Å²) in [6.07, 6.45) is 2.52. The number of hydrogen-bond donors (Lipinski definition) is 2. The highest BCUT2D eigenvalue weighted by Crippen LogP contribution is 2.16. The first-order chi connectivity index (χ1) is 8.38. The molecular weight excluding hydrogens is 232 g/mol. The van der Waals surface area contributed by atoms with Crippen LogP contribution < -0.4 is 5.32 Å². The second-order valence-electron chi connectivity index (χ2n) is 4.72. The van der Waals surface area contributed by atoms with Gasteiger partial charge in [0.15, 0.2) is 0 Å². The maximum atomic E-state index is 8.88. The van der Waals surface area contributed by atoms with Crippen molar-refractivity contribution >= 4 is 11.3 Å². The number of nitrogens with one attached hydrogen (secondary N) is 1. The molecule has 3 nitrogen and oxygen atoms in total. The molecule has 2 rings (SSSR count). The van der Waals surface area contributed by atoms with E-state index in [0.717, 1.165) is 38.6 Å². The molecule has 1 aromatic heterocycles. The molecule has 2 heterocycles. The molecule has 2 N–H and O–H groups in total. The lowest BCUT2D eigenvalue weighted by atomic mass is 9.97. The third-order valence-electron chi connectivity index (χ3n) is 3.44. The van der Waals surface area contributed by atoms with Gasteiger partial charge in [-0.3, -0.25) is 0 Å². The van der Waals surface area contributed by atoms with Gasteiger partial charge in [-0.25, -0.2) is 0 Å².